The Labute approximate surface area is 89.4 Å². The summed E-state index contributed by atoms with van der Waals surface area (Å²) in [7, 11) is 0. The van der Waals surface area contributed by atoms with Crippen molar-refractivity contribution in [1.82, 2.24) is 5.32 Å². The SMILES string of the molecule is C=CCNC(C(=O)O)c1cccc(C)c1. The van der Waals surface area contributed by atoms with E-state index in [-0.39, 0.29) is 0 Å². The van der Waals surface area contributed by atoms with Crippen molar-refractivity contribution < 1.29 is 9.90 Å². The van der Waals surface area contributed by atoms with Crippen LogP contribution in [0, 0.1) is 6.92 Å². The van der Waals surface area contributed by atoms with Crippen molar-refractivity contribution in [3.05, 3.63) is 48.0 Å². The van der Waals surface area contributed by atoms with E-state index in [1.165, 1.54) is 0 Å². The Balaban J connectivity index is 2.88. The Kier molecular flexibility index (Phi) is 4.06. The van der Waals surface area contributed by atoms with E-state index in [0.29, 0.717) is 6.54 Å². The number of carbonyl (C=O) groups is 1. The van der Waals surface area contributed by atoms with Crippen LogP contribution in [0.1, 0.15) is 17.2 Å². The molecule has 0 aliphatic rings. The zero-order chi connectivity index (χ0) is 11.3. The maximum atomic E-state index is 11.0. The third kappa shape index (κ3) is 3.22. The molecule has 3 heteroatoms. The summed E-state index contributed by atoms with van der Waals surface area (Å²) in [6.07, 6.45) is 1.64. The zero-order valence-corrected chi connectivity index (χ0v) is 8.73. The first-order valence-electron chi connectivity index (χ1n) is 4.79. The molecule has 0 amide bonds. The lowest BCUT2D eigenvalue weighted by molar-refractivity contribution is -0.139. The van der Waals surface area contributed by atoms with Gasteiger partial charge in [0, 0.05) is 6.54 Å². The summed E-state index contributed by atoms with van der Waals surface area (Å²) in [5.74, 6) is -0.873. The number of nitrogens with one attached hydrogen (secondary N) is 1. The first-order valence-corrected chi connectivity index (χ1v) is 4.79. The summed E-state index contributed by atoms with van der Waals surface area (Å²) in [4.78, 5) is 11.0. The van der Waals surface area contributed by atoms with Crippen molar-refractivity contribution in [3.63, 3.8) is 0 Å². The molecule has 1 aromatic rings. The third-order valence-corrected chi connectivity index (χ3v) is 2.09. The monoisotopic (exact) mass is 205 g/mol. The number of hydrogen-bond donors (Lipinski definition) is 2. The van der Waals surface area contributed by atoms with Gasteiger partial charge in [-0.1, -0.05) is 35.9 Å². The molecule has 80 valence electrons. The molecule has 0 radical (unpaired) electrons. The Morgan fingerprint density at radius 2 is 2.40 bits per heavy atom. The van der Waals surface area contributed by atoms with Gasteiger partial charge in [-0.05, 0) is 12.5 Å². The van der Waals surface area contributed by atoms with Gasteiger partial charge in [0.05, 0.1) is 0 Å². The molecule has 1 rings (SSSR count). The number of rotatable bonds is 5. The quantitative estimate of drug-likeness (QED) is 0.722. The second-order valence-corrected chi connectivity index (χ2v) is 3.38. The Morgan fingerprint density at radius 1 is 1.67 bits per heavy atom. The first-order chi connectivity index (χ1) is 7.15. The Morgan fingerprint density at radius 3 is 2.93 bits per heavy atom. The van der Waals surface area contributed by atoms with E-state index in [1.807, 2.05) is 31.2 Å². The van der Waals surface area contributed by atoms with Crippen LogP contribution in [0.5, 0.6) is 0 Å². The third-order valence-electron chi connectivity index (χ3n) is 2.09. The molecule has 0 fully saturated rings. The fourth-order valence-corrected chi connectivity index (χ4v) is 1.40. The lowest BCUT2D eigenvalue weighted by Crippen LogP contribution is -2.28. The Hall–Kier alpha value is -1.61. The summed E-state index contributed by atoms with van der Waals surface area (Å²) >= 11 is 0. The predicted octanol–water partition coefficient (Wildman–Crippen LogP) is 1.90. The number of carboxylic acid groups (broad SMARTS) is 1. The van der Waals surface area contributed by atoms with Gasteiger partial charge < -0.3 is 5.11 Å². The molecule has 3 nitrogen and oxygen atoms in total. The molecule has 1 unspecified atom stereocenters. The van der Waals surface area contributed by atoms with Gasteiger partial charge in [-0.2, -0.15) is 0 Å². The lowest BCUT2D eigenvalue weighted by Gasteiger charge is -2.13. The van der Waals surface area contributed by atoms with Gasteiger partial charge in [0.2, 0.25) is 0 Å². The topological polar surface area (TPSA) is 49.3 Å². The molecular weight excluding hydrogens is 190 g/mol. The average molecular weight is 205 g/mol. The lowest BCUT2D eigenvalue weighted by atomic mass is 10.0. The van der Waals surface area contributed by atoms with Gasteiger partial charge in [-0.25, -0.2) is 0 Å². The molecule has 0 saturated heterocycles. The van der Waals surface area contributed by atoms with Crippen LogP contribution < -0.4 is 5.32 Å². The summed E-state index contributed by atoms with van der Waals surface area (Å²) in [5.41, 5.74) is 1.82. The normalized spacial score (nSPS) is 12.1. The van der Waals surface area contributed by atoms with Crippen molar-refractivity contribution in [1.29, 1.82) is 0 Å². The molecule has 0 aliphatic heterocycles. The van der Waals surface area contributed by atoms with Crippen molar-refractivity contribution in [3.8, 4) is 0 Å². The van der Waals surface area contributed by atoms with E-state index in [2.05, 4.69) is 11.9 Å². The number of hydrogen-bond acceptors (Lipinski definition) is 2. The minimum absolute atomic E-state index is 0.477. The molecule has 0 bridgehead atoms. The molecule has 1 atom stereocenters. The molecule has 2 N–H and O–H groups in total. The maximum absolute atomic E-state index is 11.0. The summed E-state index contributed by atoms with van der Waals surface area (Å²) in [6.45, 7) is 5.97. The van der Waals surface area contributed by atoms with Crippen LogP contribution in [0.4, 0.5) is 0 Å². The smallest absolute Gasteiger partial charge is 0.325 e. The average Bonchev–Trinajstić information content (AvgIpc) is 2.18. The van der Waals surface area contributed by atoms with E-state index in [1.54, 1.807) is 6.08 Å². The van der Waals surface area contributed by atoms with E-state index < -0.39 is 12.0 Å². The molecule has 1 aromatic carbocycles. The van der Waals surface area contributed by atoms with Crippen molar-refractivity contribution in [2.45, 2.75) is 13.0 Å². The van der Waals surface area contributed by atoms with Crippen LogP contribution in [0.2, 0.25) is 0 Å². The molecule has 15 heavy (non-hydrogen) atoms. The van der Waals surface area contributed by atoms with Crippen LogP contribution in [-0.4, -0.2) is 17.6 Å². The number of carboxylic acids is 1. The van der Waals surface area contributed by atoms with E-state index >= 15 is 0 Å². The highest BCUT2D eigenvalue weighted by Gasteiger charge is 2.17. The summed E-state index contributed by atoms with van der Waals surface area (Å²) in [5, 5.41) is 11.9. The van der Waals surface area contributed by atoms with E-state index in [9.17, 15) is 4.79 Å². The molecule has 0 spiro atoms. The van der Waals surface area contributed by atoms with Crippen LogP contribution in [-0.2, 0) is 4.79 Å². The van der Waals surface area contributed by atoms with Gasteiger partial charge in [0.1, 0.15) is 6.04 Å². The second kappa shape index (κ2) is 5.32. The summed E-state index contributed by atoms with van der Waals surface area (Å²) in [6, 6.07) is 6.81. The van der Waals surface area contributed by atoms with Gasteiger partial charge in [-0.15, -0.1) is 6.58 Å². The minimum Gasteiger partial charge on any atom is -0.480 e. The number of benzene rings is 1. The highest BCUT2D eigenvalue weighted by atomic mass is 16.4. The molecule has 0 aliphatic carbocycles. The van der Waals surface area contributed by atoms with Crippen LogP contribution >= 0.6 is 0 Å². The largest absolute Gasteiger partial charge is 0.480 e. The molecule has 0 aromatic heterocycles. The van der Waals surface area contributed by atoms with E-state index in [0.717, 1.165) is 11.1 Å². The molecule has 0 heterocycles. The fourth-order valence-electron chi connectivity index (χ4n) is 1.40. The van der Waals surface area contributed by atoms with E-state index in [4.69, 9.17) is 5.11 Å². The summed E-state index contributed by atoms with van der Waals surface area (Å²) < 4.78 is 0. The Bertz CT molecular complexity index is 360. The maximum Gasteiger partial charge on any atom is 0.325 e. The molecule has 0 saturated carbocycles. The second-order valence-electron chi connectivity index (χ2n) is 3.38. The zero-order valence-electron chi connectivity index (χ0n) is 8.73. The standard InChI is InChI=1S/C12H15NO2/c1-3-7-13-11(12(14)15)10-6-4-5-9(2)8-10/h3-6,8,11,13H,1,7H2,2H3,(H,14,15). The van der Waals surface area contributed by atoms with Gasteiger partial charge in [-0.3, -0.25) is 10.1 Å². The first kappa shape index (κ1) is 11.5. The highest BCUT2D eigenvalue weighted by molar-refractivity contribution is 5.75. The predicted molar refractivity (Wildman–Crippen MR) is 59.8 cm³/mol. The van der Waals surface area contributed by atoms with Crippen LogP contribution in [0.25, 0.3) is 0 Å². The minimum atomic E-state index is -0.873. The fraction of sp³-hybridized carbons (Fsp3) is 0.250. The van der Waals surface area contributed by atoms with Gasteiger partial charge in [0.15, 0.2) is 0 Å². The number of aryl methyl sites for hydroxylation is 1. The highest BCUT2D eigenvalue weighted by Crippen LogP contribution is 2.14. The van der Waals surface area contributed by atoms with Crippen molar-refractivity contribution in [2.24, 2.45) is 0 Å². The van der Waals surface area contributed by atoms with Gasteiger partial charge in [0.25, 0.3) is 0 Å². The molecular formula is C12H15NO2. The van der Waals surface area contributed by atoms with Crippen molar-refractivity contribution >= 4 is 5.97 Å². The van der Waals surface area contributed by atoms with Crippen molar-refractivity contribution in [2.75, 3.05) is 6.54 Å². The van der Waals surface area contributed by atoms with Crippen LogP contribution in [0.15, 0.2) is 36.9 Å². The van der Waals surface area contributed by atoms with Crippen LogP contribution in [0.3, 0.4) is 0 Å². The van der Waals surface area contributed by atoms with Gasteiger partial charge >= 0.3 is 5.97 Å². The number of aliphatic carboxylic acids is 1.